The van der Waals surface area contributed by atoms with Crippen LogP contribution in [-0.4, -0.2) is 35.2 Å². The summed E-state index contributed by atoms with van der Waals surface area (Å²) in [4.78, 5) is 9.23. The van der Waals surface area contributed by atoms with E-state index in [0.29, 0.717) is 6.54 Å². The van der Waals surface area contributed by atoms with E-state index in [1.807, 2.05) is 19.1 Å². The number of aromatic hydroxyl groups is 2. The van der Waals surface area contributed by atoms with E-state index in [2.05, 4.69) is 36.0 Å². The number of aryl methyl sites for hydroxylation is 2. The molecule has 2 aromatic rings. The van der Waals surface area contributed by atoms with Gasteiger partial charge in [0.2, 0.25) is 0 Å². The van der Waals surface area contributed by atoms with Gasteiger partial charge in [-0.1, -0.05) is 142 Å². The van der Waals surface area contributed by atoms with Crippen LogP contribution in [0.3, 0.4) is 0 Å². The zero-order chi connectivity index (χ0) is 32.4. The molecular weight excluding hydrogens is 552 g/mol. The summed E-state index contributed by atoms with van der Waals surface area (Å²) in [6.07, 6.45) is 32.4. The van der Waals surface area contributed by atoms with E-state index < -0.39 is 0 Å². The molecule has 2 aromatic carbocycles. The number of hydrogen-bond donors (Lipinski definition) is 2. The second-order valence-electron chi connectivity index (χ2n) is 13.3. The van der Waals surface area contributed by atoms with Gasteiger partial charge < -0.3 is 10.2 Å². The van der Waals surface area contributed by atoms with Gasteiger partial charge in [0.15, 0.2) is 0 Å². The normalized spacial score (nSPS) is 12.5. The molecule has 0 saturated carbocycles. The fourth-order valence-electron chi connectivity index (χ4n) is 5.92. The van der Waals surface area contributed by atoms with E-state index in [-0.39, 0.29) is 17.5 Å². The first-order valence-electron chi connectivity index (χ1n) is 18.7. The predicted molar refractivity (Wildman–Crippen MR) is 197 cm³/mol. The largest absolute Gasteiger partial charge is 0.507 e. The Morgan fingerprint density at radius 1 is 0.533 bits per heavy atom. The van der Waals surface area contributed by atoms with Crippen LogP contribution in [0.15, 0.2) is 46.4 Å². The van der Waals surface area contributed by atoms with Crippen LogP contribution in [0.5, 0.6) is 11.5 Å². The molecule has 2 rings (SSSR count). The van der Waals surface area contributed by atoms with E-state index in [4.69, 9.17) is 0 Å². The smallest absolute Gasteiger partial charge is 0.124 e. The van der Waals surface area contributed by atoms with Crippen molar-refractivity contribution in [1.82, 2.24) is 0 Å². The Labute approximate surface area is 276 Å². The minimum atomic E-state index is -0.0248. The van der Waals surface area contributed by atoms with Gasteiger partial charge in [-0.3, -0.25) is 9.98 Å². The molecule has 0 fully saturated rings. The Morgan fingerprint density at radius 3 is 1.33 bits per heavy atom. The molecule has 0 heterocycles. The lowest BCUT2D eigenvalue weighted by Gasteiger charge is -2.07. The number of benzene rings is 2. The summed E-state index contributed by atoms with van der Waals surface area (Å²) in [5.74, 6) is 0.538. The van der Waals surface area contributed by atoms with Gasteiger partial charge in [0.05, 0.1) is 12.6 Å². The lowest BCUT2D eigenvalue weighted by Crippen LogP contribution is -2.04. The van der Waals surface area contributed by atoms with Gasteiger partial charge in [0, 0.05) is 23.6 Å². The lowest BCUT2D eigenvalue weighted by molar-refractivity contribution is 0.473. The molecule has 1 atom stereocenters. The fourth-order valence-corrected chi connectivity index (χ4v) is 5.92. The van der Waals surface area contributed by atoms with Crippen LogP contribution in [-0.2, 0) is 12.8 Å². The third-order valence-corrected chi connectivity index (χ3v) is 8.89. The van der Waals surface area contributed by atoms with Gasteiger partial charge >= 0.3 is 0 Å². The predicted octanol–water partition coefficient (Wildman–Crippen LogP) is 12.0. The van der Waals surface area contributed by atoms with Gasteiger partial charge in [0.25, 0.3) is 0 Å². The molecule has 0 aliphatic rings. The third kappa shape index (κ3) is 18.8. The summed E-state index contributed by atoms with van der Waals surface area (Å²) in [7, 11) is 0. The van der Waals surface area contributed by atoms with Gasteiger partial charge in [-0.15, -0.1) is 0 Å². The number of nitrogens with zero attached hydrogens (tertiary/aromatic N) is 2. The molecule has 0 amide bonds. The third-order valence-electron chi connectivity index (χ3n) is 8.89. The lowest BCUT2D eigenvalue weighted by atomic mass is 10.0. The molecule has 252 valence electrons. The van der Waals surface area contributed by atoms with Crippen LogP contribution < -0.4 is 0 Å². The maximum Gasteiger partial charge on any atom is 0.124 e. The Morgan fingerprint density at radius 2 is 0.911 bits per heavy atom. The van der Waals surface area contributed by atoms with Crippen LogP contribution in [0.1, 0.15) is 171 Å². The summed E-state index contributed by atoms with van der Waals surface area (Å²) < 4.78 is 0. The van der Waals surface area contributed by atoms with Gasteiger partial charge in [-0.2, -0.15) is 0 Å². The Hall–Kier alpha value is -2.62. The summed E-state index contributed by atoms with van der Waals surface area (Å²) in [5.41, 5.74) is 4.06. The number of aliphatic imine (C=N–C) groups is 2. The number of phenols is 2. The molecule has 45 heavy (non-hydrogen) atoms. The Kier molecular flexibility index (Phi) is 21.9. The van der Waals surface area contributed by atoms with Gasteiger partial charge in [-0.25, -0.2) is 0 Å². The van der Waals surface area contributed by atoms with Crippen molar-refractivity contribution in [1.29, 1.82) is 0 Å². The second kappa shape index (κ2) is 25.6. The molecule has 0 aromatic heterocycles. The second-order valence-corrected chi connectivity index (χ2v) is 13.3. The molecule has 0 aliphatic heterocycles. The molecule has 2 N–H and O–H groups in total. The van der Waals surface area contributed by atoms with E-state index in [9.17, 15) is 10.2 Å². The Bertz CT molecular complexity index is 1080. The SMILES string of the molecule is CCCCCCCCCCCCc1ccc(O)c(C=NCC(C)N=Cc2cc(CCCCCCCCCCCC)ccc2O)c1. The van der Waals surface area contributed by atoms with Crippen molar-refractivity contribution in [2.45, 2.75) is 168 Å². The molecule has 0 aliphatic carbocycles. The maximum absolute atomic E-state index is 10.4. The average Bonchev–Trinajstić information content (AvgIpc) is 3.04. The van der Waals surface area contributed by atoms with Crippen molar-refractivity contribution in [3.8, 4) is 11.5 Å². The van der Waals surface area contributed by atoms with Crippen LogP contribution in [0.4, 0.5) is 0 Å². The number of unbranched alkanes of at least 4 members (excludes halogenated alkanes) is 18. The molecule has 0 spiro atoms. The van der Waals surface area contributed by atoms with Crippen molar-refractivity contribution in [2.75, 3.05) is 6.54 Å². The van der Waals surface area contributed by atoms with E-state index >= 15 is 0 Å². The van der Waals surface area contributed by atoms with Crippen LogP contribution in [0.25, 0.3) is 0 Å². The summed E-state index contributed by atoms with van der Waals surface area (Å²) >= 11 is 0. The van der Waals surface area contributed by atoms with Crippen molar-refractivity contribution < 1.29 is 10.2 Å². The highest BCUT2D eigenvalue weighted by Crippen LogP contribution is 2.21. The first-order valence-corrected chi connectivity index (χ1v) is 18.7. The minimum Gasteiger partial charge on any atom is -0.507 e. The van der Waals surface area contributed by atoms with Gasteiger partial charge in [0.1, 0.15) is 11.5 Å². The molecule has 0 bridgehead atoms. The van der Waals surface area contributed by atoms with E-state index in [1.54, 1.807) is 24.6 Å². The fraction of sp³-hybridized carbons (Fsp3) is 0.659. The molecular formula is C41H66N2O2. The monoisotopic (exact) mass is 619 g/mol. The van der Waals surface area contributed by atoms with Crippen LogP contribution in [0, 0.1) is 0 Å². The zero-order valence-corrected chi connectivity index (χ0v) is 29.2. The van der Waals surface area contributed by atoms with Crippen molar-refractivity contribution in [3.63, 3.8) is 0 Å². The van der Waals surface area contributed by atoms with Crippen molar-refractivity contribution >= 4 is 12.4 Å². The maximum atomic E-state index is 10.4. The number of rotatable bonds is 27. The number of hydrogen-bond acceptors (Lipinski definition) is 4. The van der Waals surface area contributed by atoms with Gasteiger partial charge in [-0.05, 0) is 68.0 Å². The quantitative estimate of drug-likeness (QED) is 0.0772. The van der Waals surface area contributed by atoms with Crippen molar-refractivity contribution in [2.24, 2.45) is 9.98 Å². The molecule has 0 radical (unpaired) electrons. The summed E-state index contributed by atoms with van der Waals surface area (Å²) in [5, 5.41) is 20.7. The molecule has 0 saturated heterocycles. The van der Waals surface area contributed by atoms with Crippen molar-refractivity contribution in [3.05, 3.63) is 58.7 Å². The average molecular weight is 619 g/mol. The first-order chi connectivity index (χ1) is 22.0. The van der Waals surface area contributed by atoms with Crippen LogP contribution in [0.2, 0.25) is 0 Å². The minimum absolute atomic E-state index is 0.0248. The standard InChI is InChI=1S/C41H66N2O2/c1-4-6-8-10-12-14-16-18-20-22-24-36-26-28-40(44)38(30-36)33-42-32-35(3)43-34-39-31-37(27-29-41(39)45)25-23-21-19-17-15-13-11-9-7-5-2/h26-31,33-35,44-45H,4-25,32H2,1-3H3. The summed E-state index contributed by atoms with van der Waals surface area (Å²) in [6.45, 7) is 7.10. The summed E-state index contributed by atoms with van der Waals surface area (Å²) in [6, 6.07) is 11.8. The topological polar surface area (TPSA) is 65.2 Å². The van der Waals surface area contributed by atoms with E-state index in [0.717, 1.165) is 24.0 Å². The molecule has 1 unspecified atom stereocenters. The first kappa shape index (κ1) is 38.6. The van der Waals surface area contributed by atoms with Crippen LogP contribution >= 0.6 is 0 Å². The molecule has 4 heteroatoms. The molecule has 4 nitrogen and oxygen atoms in total. The highest BCUT2D eigenvalue weighted by Gasteiger charge is 2.05. The van der Waals surface area contributed by atoms with E-state index in [1.165, 1.54) is 140 Å². The zero-order valence-electron chi connectivity index (χ0n) is 29.2. The highest BCUT2D eigenvalue weighted by molar-refractivity contribution is 5.84. The number of phenolic OH excluding ortho intramolecular Hbond substituents is 2. The highest BCUT2D eigenvalue weighted by atomic mass is 16.3. The Balaban J connectivity index is 1.69.